The Morgan fingerprint density at radius 3 is 2.38 bits per heavy atom. The van der Waals surface area contributed by atoms with E-state index in [-0.39, 0.29) is 27.9 Å². The van der Waals surface area contributed by atoms with Gasteiger partial charge in [0.15, 0.2) is 5.75 Å². The van der Waals surface area contributed by atoms with Crippen molar-refractivity contribution in [1.29, 1.82) is 0 Å². The summed E-state index contributed by atoms with van der Waals surface area (Å²) < 4.78 is 5.32. The molecule has 0 heterocycles. The molecule has 2 N–H and O–H groups in total. The number of para-hydroxylation sites is 1. The van der Waals surface area contributed by atoms with Crippen LogP contribution in [0.15, 0.2) is 36.4 Å². The van der Waals surface area contributed by atoms with Gasteiger partial charge in [-0.1, -0.05) is 17.7 Å². The number of hydrogen-bond acceptors (Lipinski definition) is 6. The fraction of sp³-hybridized carbons (Fsp3) is 0. The molecule has 0 radical (unpaired) electrons. The third-order valence-electron chi connectivity index (χ3n) is 2.56. The zero-order valence-electron chi connectivity index (χ0n) is 10.4. The van der Waals surface area contributed by atoms with Crippen LogP contribution in [0.1, 0.15) is 0 Å². The lowest BCUT2D eigenvalue weighted by Crippen LogP contribution is -1.99. The largest absolute Gasteiger partial charge is 0.448 e. The standard InChI is InChI=1S/C12H8ClN3O5/c13-8-5-4-7(15(17)18)6-11(8)21-10-3-1-2-9(14)12(10)16(19)20/h1-6H,14H2. The molecule has 0 saturated carbocycles. The van der Waals surface area contributed by atoms with Crippen molar-refractivity contribution in [3.63, 3.8) is 0 Å². The van der Waals surface area contributed by atoms with Gasteiger partial charge in [0.05, 0.1) is 20.9 Å². The maximum absolute atomic E-state index is 11.0. The van der Waals surface area contributed by atoms with Gasteiger partial charge in [-0.3, -0.25) is 20.2 Å². The molecule has 8 nitrogen and oxygen atoms in total. The monoisotopic (exact) mass is 309 g/mol. The summed E-state index contributed by atoms with van der Waals surface area (Å²) in [6.07, 6.45) is 0. The van der Waals surface area contributed by atoms with Gasteiger partial charge in [0.2, 0.25) is 5.75 Å². The predicted octanol–water partition coefficient (Wildman–Crippen LogP) is 3.53. The summed E-state index contributed by atoms with van der Waals surface area (Å²) in [6.45, 7) is 0. The van der Waals surface area contributed by atoms with Crippen LogP contribution >= 0.6 is 11.6 Å². The van der Waals surface area contributed by atoms with E-state index in [1.54, 1.807) is 0 Å². The summed E-state index contributed by atoms with van der Waals surface area (Å²) >= 11 is 5.87. The Bertz CT molecular complexity index is 735. The summed E-state index contributed by atoms with van der Waals surface area (Å²) in [5, 5.41) is 21.8. The van der Waals surface area contributed by atoms with Crippen molar-refractivity contribution in [2.24, 2.45) is 0 Å². The van der Waals surface area contributed by atoms with Gasteiger partial charge in [0.25, 0.3) is 5.69 Å². The average molecular weight is 310 g/mol. The maximum Gasteiger partial charge on any atom is 0.334 e. The van der Waals surface area contributed by atoms with Crippen molar-refractivity contribution in [2.75, 3.05) is 5.73 Å². The normalized spacial score (nSPS) is 10.1. The molecule has 108 valence electrons. The maximum atomic E-state index is 11.0. The molecule has 21 heavy (non-hydrogen) atoms. The molecule has 2 aromatic carbocycles. The lowest BCUT2D eigenvalue weighted by Gasteiger charge is -2.08. The molecule has 0 unspecified atom stereocenters. The SMILES string of the molecule is Nc1cccc(Oc2cc([N+](=O)[O-])ccc2Cl)c1[N+](=O)[O-]. The van der Waals surface area contributed by atoms with Crippen LogP contribution < -0.4 is 10.5 Å². The molecule has 0 fully saturated rings. The first kappa shape index (κ1) is 14.5. The molecule has 2 rings (SSSR count). The Labute approximate surface area is 123 Å². The fourth-order valence-electron chi connectivity index (χ4n) is 1.62. The third kappa shape index (κ3) is 3.00. The summed E-state index contributed by atoms with van der Waals surface area (Å²) in [4.78, 5) is 20.4. The second kappa shape index (κ2) is 5.63. The van der Waals surface area contributed by atoms with Crippen LogP contribution in [-0.4, -0.2) is 9.85 Å². The highest BCUT2D eigenvalue weighted by Gasteiger charge is 2.21. The highest BCUT2D eigenvalue weighted by molar-refractivity contribution is 6.32. The van der Waals surface area contributed by atoms with E-state index in [4.69, 9.17) is 22.1 Å². The first-order valence-corrected chi connectivity index (χ1v) is 5.92. The Kier molecular flexibility index (Phi) is 3.90. The second-order valence-electron chi connectivity index (χ2n) is 3.92. The quantitative estimate of drug-likeness (QED) is 0.523. The molecule has 9 heteroatoms. The predicted molar refractivity (Wildman–Crippen MR) is 75.7 cm³/mol. The minimum atomic E-state index is -0.698. The molecular formula is C12H8ClN3O5. The molecule has 0 bridgehead atoms. The first-order chi connectivity index (χ1) is 9.90. The molecule has 2 aromatic rings. The van der Waals surface area contributed by atoms with Gasteiger partial charge in [-0.05, 0) is 18.2 Å². The number of nitro groups is 2. The zero-order chi connectivity index (χ0) is 15.6. The van der Waals surface area contributed by atoms with Crippen LogP contribution in [-0.2, 0) is 0 Å². The van der Waals surface area contributed by atoms with Crippen LogP contribution in [0.2, 0.25) is 5.02 Å². The van der Waals surface area contributed by atoms with Crippen LogP contribution in [0.5, 0.6) is 11.5 Å². The number of ether oxygens (including phenoxy) is 1. The van der Waals surface area contributed by atoms with Crippen molar-refractivity contribution in [1.82, 2.24) is 0 Å². The van der Waals surface area contributed by atoms with E-state index in [2.05, 4.69) is 0 Å². The van der Waals surface area contributed by atoms with E-state index < -0.39 is 15.5 Å². The Balaban J connectivity index is 2.48. The van der Waals surface area contributed by atoms with E-state index in [1.807, 2.05) is 0 Å². The van der Waals surface area contributed by atoms with Crippen molar-refractivity contribution in [2.45, 2.75) is 0 Å². The molecule has 0 atom stereocenters. The minimum Gasteiger partial charge on any atom is -0.448 e. The Morgan fingerprint density at radius 2 is 1.76 bits per heavy atom. The molecule has 0 aliphatic carbocycles. The van der Waals surface area contributed by atoms with E-state index in [0.717, 1.165) is 6.07 Å². The number of nitrogen functional groups attached to an aromatic ring is 1. The molecule has 0 aromatic heterocycles. The molecule has 0 aliphatic heterocycles. The van der Waals surface area contributed by atoms with E-state index in [1.165, 1.54) is 30.3 Å². The molecular weight excluding hydrogens is 302 g/mol. The van der Waals surface area contributed by atoms with Crippen LogP contribution in [0, 0.1) is 20.2 Å². The minimum absolute atomic E-state index is 0.0698. The highest BCUT2D eigenvalue weighted by atomic mass is 35.5. The van der Waals surface area contributed by atoms with Gasteiger partial charge in [0.1, 0.15) is 5.69 Å². The van der Waals surface area contributed by atoms with Crippen molar-refractivity contribution in [3.8, 4) is 11.5 Å². The number of hydrogen-bond donors (Lipinski definition) is 1. The third-order valence-corrected chi connectivity index (χ3v) is 2.87. The topological polar surface area (TPSA) is 122 Å². The summed E-state index contributed by atoms with van der Waals surface area (Å²) in [6, 6.07) is 7.68. The number of non-ortho nitro benzene ring substituents is 1. The van der Waals surface area contributed by atoms with Gasteiger partial charge in [0, 0.05) is 6.07 Å². The lowest BCUT2D eigenvalue weighted by atomic mass is 10.2. The highest BCUT2D eigenvalue weighted by Crippen LogP contribution is 2.39. The van der Waals surface area contributed by atoms with Gasteiger partial charge in [-0.15, -0.1) is 0 Å². The van der Waals surface area contributed by atoms with Gasteiger partial charge in [-0.25, -0.2) is 0 Å². The average Bonchev–Trinajstić information content (AvgIpc) is 2.40. The van der Waals surface area contributed by atoms with Crippen LogP contribution in [0.25, 0.3) is 0 Å². The molecule has 0 spiro atoms. The van der Waals surface area contributed by atoms with E-state index >= 15 is 0 Å². The number of halogens is 1. The van der Waals surface area contributed by atoms with Crippen LogP contribution in [0.3, 0.4) is 0 Å². The number of nitrogens with two attached hydrogens (primary N) is 1. The lowest BCUT2D eigenvalue weighted by molar-refractivity contribution is -0.385. The molecule has 0 amide bonds. The van der Waals surface area contributed by atoms with E-state index in [9.17, 15) is 20.2 Å². The van der Waals surface area contributed by atoms with Crippen molar-refractivity contribution in [3.05, 3.63) is 61.6 Å². The van der Waals surface area contributed by atoms with Crippen molar-refractivity contribution >= 4 is 28.7 Å². The van der Waals surface area contributed by atoms with Crippen molar-refractivity contribution < 1.29 is 14.6 Å². The number of anilines is 1. The number of nitro benzene ring substituents is 2. The van der Waals surface area contributed by atoms with Crippen LogP contribution in [0.4, 0.5) is 17.1 Å². The number of rotatable bonds is 4. The number of benzene rings is 2. The molecule has 0 aliphatic rings. The summed E-state index contributed by atoms with van der Waals surface area (Å²) in [7, 11) is 0. The summed E-state index contributed by atoms with van der Waals surface area (Å²) in [5.41, 5.74) is 4.77. The Morgan fingerprint density at radius 1 is 1.05 bits per heavy atom. The fourth-order valence-corrected chi connectivity index (χ4v) is 1.78. The van der Waals surface area contributed by atoms with E-state index in [0.29, 0.717) is 0 Å². The van der Waals surface area contributed by atoms with Gasteiger partial charge >= 0.3 is 5.69 Å². The smallest absolute Gasteiger partial charge is 0.334 e. The molecule has 0 saturated heterocycles. The summed E-state index contributed by atoms with van der Waals surface area (Å²) in [5.74, 6) is -0.220. The number of nitrogens with zero attached hydrogens (tertiary/aromatic N) is 2. The van der Waals surface area contributed by atoms with Gasteiger partial charge < -0.3 is 10.5 Å². The Hall–Kier alpha value is -2.87. The second-order valence-corrected chi connectivity index (χ2v) is 4.33. The van der Waals surface area contributed by atoms with Gasteiger partial charge in [-0.2, -0.15) is 0 Å². The first-order valence-electron chi connectivity index (χ1n) is 5.55. The zero-order valence-corrected chi connectivity index (χ0v) is 11.1.